The molecule has 0 aliphatic carbocycles. The lowest BCUT2D eigenvalue weighted by Gasteiger charge is -2.04. The molecule has 1 N–H and O–H groups in total. The van der Waals surface area contributed by atoms with E-state index in [0.29, 0.717) is 5.56 Å². The van der Waals surface area contributed by atoms with Crippen molar-refractivity contribution in [3.8, 4) is 11.1 Å². The topological polar surface area (TPSA) is 67.8 Å². The van der Waals surface area contributed by atoms with E-state index in [4.69, 9.17) is 0 Å². The fraction of sp³-hybridized carbons (Fsp3) is 0.182. The zero-order valence-corrected chi connectivity index (χ0v) is 9.02. The molecule has 5 heteroatoms. The summed E-state index contributed by atoms with van der Waals surface area (Å²) in [5.74, 6) is 0. The zero-order valence-electron chi connectivity index (χ0n) is 9.02. The van der Waals surface area contributed by atoms with Crippen LogP contribution in [0, 0.1) is 6.92 Å². The summed E-state index contributed by atoms with van der Waals surface area (Å²) in [5.41, 5.74) is 1.39. The first-order valence-corrected chi connectivity index (χ1v) is 4.81. The molecular formula is C11H11N3O2. The van der Waals surface area contributed by atoms with Crippen LogP contribution in [0.15, 0.2) is 34.2 Å². The number of H-pyrrole nitrogens is 1. The Kier molecular flexibility index (Phi) is 2.44. The molecule has 2 rings (SSSR count). The summed E-state index contributed by atoms with van der Waals surface area (Å²) >= 11 is 0. The molecule has 0 saturated heterocycles. The van der Waals surface area contributed by atoms with E-state index in [1.54, 1.807) is 12.4 Å². The molecule has 5 nitrogen and oxygen atoms in total. The van der Waals surface area contributed by atoms with Gasteiger partial charge < -0.3 is 4.98 Å². The van der Waals surface area contributed by atoms with Crippen LogP contribution in [0.25, 0.3) is 11.1 Å². The number of aryl methyl sites for hydroxylation is 1. The quantitative estimate of drug-likeness (QED) is 0.753. The summed E-state index contributed by atoms with van der Waals surface area (Å²) < 4.78 is 1.04. The van der Waals surface area contributed by atoms with Gasteiger partial charge in [0.15, 0.2) is 0 Å². The third-order valence-corrected chi connectivity index (χ3v) is 2.51. The fourth-order valence-corrected chi connectivity index (χ4v) is 1.50. The van der Waals surface area contributed by atoms with Gasteiger partial charge >= 0.3 is 5.69 Å². The van der Waals surface area contributed by atoms with Crippen LogP contribution in [0.4, 0.5) is 0 Å². The van der Waals surface area contributed by atoms with Crippen LogP contribution in [0.1, 0.15) is 5.56 Å². The number of pyridine rings is 1. The Morgan fingerprint density at radius 3 is 2.75 bits per heavy atom. The number of nitrogens with one attached hydrogen (secondary N) is 1. The Labute approximate surface area is 91.4 Å². The standard InChI is InChI=1S/C11H11N3O2/c1-7-3-4-12-5-8(7)9-6-13-11(16)14(2)10(9)15/h3-6H,1-2H3,(H,13,16). The molecule has 0 saturated carbocycles. The van der Waals surface area contributed by atoms with Crippen molar-refractivity contribution in [2.24, 2.45) is 7.05 Å². The van der Waals surface area contributed by atoms with E-state index in [0.717, 1.165) is 15.7 Å². The Hall–Kier alpha value is -2.17. The second kappa shape index (κ2) is 3.77. The summed E-state index contributed by atoms with van der Waals surface area (Å²) in [6, 6.07) is 1.82. The van der Waals surface area contributed by atoms with Gasteiger partial charge in [0.05, 0.1) is 5.56 Å². The molecule has 0 amide bonds. The highest BCUT2D eigenvalue weighted by molar-refractivity contribution is 5.63. The van der Waals surface area contributed by atoms with Crippen molar-refractivity contribution in [2.75, 3.05) is 0 Å². The molecule has 0 aromatic carbocycles. The highest BCUT2D eigenvalue weighted by Gasteiger charge is 2.08. The predicted octanol–water partition coefficient (Wildman–Crippen LogP) is 0.444. The van der Waals surface area contributed by atoms with Gasteiger partial charge in [-0.3, -0.25) is 14.3 Å². The fourth-order valence-electron chi connectivity index (χ4n) is 1.50. The molecule has 0 unspecified atom stereocenters. The first-order chi connectivity index (χ1) is 7.61. The van der Waals surface area contributed by atoms with E-state index in [-0.39, 0.29) is 5.56 Å². The monoisotopic (exact) mass is 217 g/mol. The molecule has 2 aromatic heterocycles. The Morgan fingerprint density at radius 2 is 2.06 bits per heavy atom. The number of aromatic nitrogens is 3. The molecule has 0 aliphatic rings. The smallest absolute Gasteiger partial charge is 0.313 e. The van der Waals surface area contributed by atoms with Crippen LogP contribution >= 0.6 is 0 Å². The molecule has 0 spiro atoms. The molecule has 0 fully saturated rings. The number of nitrogens with zero attached hydrogens (tertiary/aromatic N) is 2. The lowest BCUT2D eigenvalue weighted by Crippen LogP contribution is -2.33. The highest BCUT2D eigenvalue weighted by atomic mass is 16.2. The van der Waals surface area contributed by atoms with Crippen LogP contribution in [0.3, 0.4) is 0 Å². The SMILES string of the molecule is Cc1ccncc1-c1c[nH]c(=O)n(C)c1=O. The molecule has 0 aliphatic heterocycles. The van der Waals surface area contributed by atoms with Crippen LogP contribution in [0.2, 0.25) is 0 Å². The minimum absolute atomic E-state index is 0.320. The minimum Gasteiger partial charge on any atom is -0.313 e. The van der Waals surface area contributed by atoms with E-state index in [1.165, 1.54) is 13.2 Å². The Morgan fingerprint density at radius 1 is 1.31 bits per heavy atom. The van der Waals surface area contributed by atoms with Crippen molar-refractivity contribution in [1.29, 1.82) is 0 Å². The Balaban J connectivity index is 2.77. The molecular weight excluding hydrogens is 206 g/mol. The van der Waals surface area contributed by atoms with Crippen molar-refractivity contribution >= 4 is 0 Å². The van der Waals surface area contributed by atoms with Gasteiger partial charge in [0.25, 0.3) is 5.56 Å². The van der Waals surface area contributed by atoms with Crippen LogP contribution in [0.5, 0.6) is 0 Å². The van der Waals surface area contributed by atoms with Crippen molar-refractivity contribution in [2.45, 2.75) is 6.92 Å². The number of hydrogen-bond donors (Lipinski definition) is 1. The van der Waals surface area contributed by atoms with Gasteiger partial charge in [-0.2, -0.15) is 0 Å². The molecule has 0 atom stereocenters. The summed E-state index contributed by atoms with van der Waals surface area (Å²) in [5, 5.41) is 0. The maximum atomic E-state index is 11.9. The van der Waals surface area contributed by atoms with Gasteiger partial charge in [0.1, 0.15) is 0 Å². The second-order valence-electron chi connectivity index (χ2n) is 3.56. The normalized spacial score (nSPS) is 10.4. The van der Waals surface area contributed by atoms with Gasteiger partial charge in [-0.05, 0) is 18.6 Å². The molecule has 0 bridgehead atoms. The Bertz CT molecular complexity index is 640. The average Bonchev–Trinajstić information content (AvgIpc) is 2.28. The van der Waals surface area contributed by atoms with Crippen molar-refractivity contribution in [3.05, 3.63) is 51.1 Å². The van der Waals surface area contributed by atoms with Crippen LogP contribution in [-0.4, -0.2) is 14.5 Å². The molecule has 2 heterocycles. The molecule has 0 radical (unpaired) electrons. The second-order valence-corrected chi connectivity index (χ2v) is 3.56. The third kappa shape index (κ3) is 1.56. The maximum Gasteiger partial charge on any atom is 0.328 e. The van der Waals surface area contributed by atoms with Gasteiger partial charge in [0.2, 0.25) is 0 Å². The number of rotatable bonds is 1. The van der Waals surface area contributed by atoms with E-state index in [9.17, 15) is 9.59 Å². The van der Waals surface area contributed by atoms with Crippen molar-refractivity contribution < 1.29 is 0 Å². The highest BCUT2D eigenvalue weighted by Crippen LogP contribution is 2.16. The van der Waals surface area contributed by atoms with Crippen LogP contribution < -0.4 is 11.2 Å². The summed E-state index contributed by atoms with van der Waals surface area (Å²) in [6.07, 6.45) is 4.70. The lowest BCUT2D eigenvalue weighted by atomic mass is 10.1. The lowest BCUT2D eigenvalue weighted by molar-refractivity contribution is 0.778. The first kappa shape index (κ1) is 10.4. The van der Waals surface area contributed by atoms with Crippen molar-refractivity contribution in [1.82, 2.24) is 14.5 Å². The first-order valence-electron chi connectivity index (χ1n) is 4.81. The largest absolute Gasteiger partial charge is 0.328 e. The van der Waals surface area contributed by atoms with Gasteiger partial charge in [-0.15, -0.1) is 0 Å². The van der Waals surface area contributed by atoms with Crippen molar-refractivity contribution in [3.63, 3.8) is 0 Å². The van der Waals surface area contributed by atoms with Gasteiger partial charge in [-0.1, -0.05) is 0 Å². The predicted molar refractivity (Wildman–Crippen MR) is 60.3 cm³/mol. The number of aromatic amines is 1. The maximum absolute atomic E-state index is 11.9. The third-order valence-electron chi connectivity index (χ3n) is 2.51. The molecule has 2 aromatic rings. The van der Waals surface area contributed by atoms with E-state index in [1.807, 2.05) is 13.0 Å². The minimum atomic E-state index is -0.421. The summed E-state index contributed by atoms with van der Waals surface area (Å²) in [6.45, 7) is 1.89. The number of hydrogen-bond acceptors (Lipinski definition) is 3. The van der Waals surface area contributed by atoms with E-state index >= 15 is 0 Å². The molecule has 82 valence electrons. The summed E-state index contributed by atoms with van der Waals surface area (Å²) in [4.78, 5) is 29.5. The van der Waals surface area contributed by atoms with Crippen LogP contribution in [-0.2, 0) is 7.05 Å². The summed E-state index contributed by atoms with van der Waals surface area (Å²) in [7, 11) is 1.44. The zero-order chi connectivity index (χ0) is 11.7. The van der Waals surface area contributed by atoms with Gasteiger partial charge in [-0.25, -0.2) is 4.79 Å². The van der Waals surface area contributed by atoms with E-state index in [2.05, 4.69) is 9.97 Å². The van der Waals surface area contributed by atoms with E-state index < -0.39 is 5.69 Å². The van der Waals surface area contributed by atoms with Gasteiger partial charge in [0, 0.05) is 31.2 Å². The average molecular weight is 217 g/mol. The molecule has 16 heavy (non-hydrogen) atoms.